The molecular formula is C19H19F4N5O. The minimum Gasteiger partial charge on any atom is -0.309 e. The van der Waals surface area contributed by atoms with Gasteiger partial charge < -0.3 is 5.32 Å². The Morgan fingerprint density at radius 1 is 1.21 bits per heavy atom. The molecule has 154 valence electrons. The summed E-state index contributed by atoms with van der Waals surface area (Å²) in [7, 11) is 0. The van der Waals surface area contributed by atoms with E-state index >= 15 is 0 Å². The lowest BCUT2D eigenvalue weighted by atomic mass is 10.1. The van der Waals surface area contributed by atoms with Gasteiger partial charge in [0.25, 0.3) is 0 Å². The maximum absolute atomic E-state index is 13.3. The number of hydrogen-bond donors (Lipinski definition) is 1. The lowest BCUT2D eigenvalue weighted by molar-refractivity contribution is -0.141. The van der Waals surface area contributed by atoms with Crippen molar-refractivity contribution in [3.8, 4) is 0 Å². The van der Waals surface area contributed by atoms with Crippen LogP contribution in [0.3, 0.4) is 0 Å². The molecule has 1 amide bonds. The number of anilines is 1. The number of hydrogen-bond acceptors (Lipinski definition) is 3. The van der Waals surface area contributed by atoms with Gasteiger partial charge in [0.05, 0.1) is 19.0 Å². The van der Waals surface area contributed by atoms with Crippen LogP contribution in [0.2, 0.25) is 0 Å². The zero-order chi connectivity index (χ0) is 21.2. The van der Waals surface area contributed by atoms with E-state index in [9.17, 15) is 22.4 Å². The first-order valence-corrected chi connectivity index (χ1v) is 8.82. The summed E-state index contributed by atoms with van der Waals surface area (Å²) in [6, 6.07) is 8.62. The van der Waals surface area contributed by atoms with Gasteiger partial charge in [-0.2, -0.15) is 23.4 Å². The summed E-state index contributed by atoms with van der Waals surface area (Å²) in [5, 5.41) is 10.4. The largest absolute Gasteiger partial charge is 0.435 e. The number of carbonyl (C=O) groups is 1. The lowest BCUT2D eigenvalue weighted by Crippen LogP contribution is -2.25. The Morgan fingerprint density at radius 3 is 2.62 bits per heavy atom. The molecule has 3 rings (SSSR count). The quantitative estimate of drug-likeness (QED) is 0.629. The van der Waals surface area contributed by atoms with Crippen LogP contribution in [0.5, 0.6) is 0 Å². The average Bonchev–Trinajstić information content (AvgIpc) is 3.21. The number of aromatic nitrogens is 4. The maximum atomic E-state index is 13.3. The molecule has 0 aliphatic heterocycles. The summed E-state index contributed by atoms with van der Waals surface area (Å²) >= 11 is 0. The van der Waals surface area contributed by atoms with E-state index in [1.54, 1.807) is 36.0 Å². The molecule has 2 aromatic heterocycles. The molecule has 0 radical (unpaired) electrons. The molecular weight excluding hydrogens is 390 g/mol. The van der Waals surface area contributed by atoms with E-state index in [2.05, 4.69) is 15.5 Å². The van der Waals surface area contributed by atoms with E-state index in [4.69, 9.17) is 0 Å². The molecule has 0 saturated carbocycles. The van der Waals surface area contributed by atoms with Gasteiger partial charge >= 0.3 is 6.18 Å². The second-order valence-corrected chi connectivity index (χ2v) is 6.77. The number of carbonyl (C=O) groups excluding carboxylic acids is 1. The zero-order valence-corrected chi connectivity index (χ0v) is 15.7. The third kappa shape index (κ3) is 5.21. The average molecular weight is 409 g/mol. The van der Waals surface area contributed by atoms with Crippen LogP contribution < -0.4 is 5.32 Å². The number of benzene rings is 1. The first-order chi connectivity index (χ1) is 13.6. The van der Waals surface area contributed by atoms with Gasteiger partial charge in [-0.15, -0.1) is 0 Å². The van der Waals surface area contributed by atoms with Crippen LogP contribution in [0.25, 0.3) is 0 Å². The normalized spacial score (nSPS) is 12.8. The molecule has 1 atom stereocenters. The Kier molecular flexibility index (Phi) is 5.71. The van der Waals surface area contributed by atoms with Gasteiger partial charge in [-0.05, 0) is 30.7 Å². The van der Waals surface area contributed by atoms with Gasteiger partial charge in [0, 0.05) is 18.0 Å². The van der Waals surface area contributed by atoms with Gasteiger partial charge in [-0.1, -0.05) is 19.1 Å². The number of rotatable bonds is 6. The Balaban J connectivity index is 1.60. The van der Waals surface area contributed by atoms with Gasteiger partial charge in [0.1, 0.15) is 5.82 Å². The van der Waals surface area contributed by atoms with Crippen LogP contribution in [0.15, 0.2) is 42.6 Å². The topological polar surface area (TPSA) is 64.7 Å². The highest BCUT2D eigenvalue weighted by Gasteiger charge is 2.34. The lowest BCUT2D eigenvalue weighted by Gasteiger charge is -2.12. The molecule has 0 fully saturated rings. The minimum absolute atomic E-state index is 0.00223. The van der Waals surface area contributed by atoms with E-state index in [1.807, 2.05) is 0 Å². The van der Waals surface area contributed by atoms with Crippen LogP contribution in [0.4, 0.5) is 23.4 Å². The highest BCUT2D eigenvalue weighted by atomic mass is 19.4. The monoisotopic (exact) mass is 409 g/mol. The summed E-state index contributed by atoms with van der Waals surface area (Å²) in [5.41, 5.74) is 0.0454. The fourth-order valence-corrected chi connectivity index (χ4v) is 2.76. The molecule has 1 unspecified atom stereocenters. The highest BCUT2D eigenvalue weighted by Crippen LogP contribution is 2.28. The second kappa shape index (κ2) is 8.06. The smallest absolute Gasteiger partial charge is 0.309 e. The number of amides is 1. The number of aryl methyl sites for hydroxylation is 1. The molecule has 0 saturated heterocycles. The van der Waals surface area contributed by atoms with Crippen molar-refractivity contribution in [1.82, 2.24) is 19.6 Å². The van der Waals surface area contributed by atoms with Gasteiger partial charge in [-0.25, -0.2) is 4.39 Å². The molecule has 0 aliphatic carbocycles. The maximum Gasteiger partial charge on any atom is 0.435 e. The van der Waals surface area contributed by atoms with Crippen molar-refractivity contribution < 1.29 is 22.4 Å². The van der Waals surface area contributed by atoms with Crippen LogP contribution in [0.1, 0.15) is 23.9 Å². The van der Waals surface area contributed by atoms with Gasteiger partial charge in [0.2, 0.25) is 5.91 Å². The fourth-order valence-electron chi connectivity index (χ4n) is 2.76. The summed E-state index contributed by atoms with van der Waals surface area (Å²) < 4.78 is 54.2. The first kappa shape index (κ1) is 20.6. The molecule has 0 bridgehead atoms. The highest BCUT2D eigenvalue weighted by molar-refractivity contribution is 5.91. The Morgan fingerprint density at radius 2 is 1.97 bits per heavy atom. The van der Waals surface area contributed by atoms with Crippen molar-refractivity contribution in [2.75, 3.05) is 5.32 Å². The Hall–Kier alpha value is -3.17. The van der Waals surface area contributed by atoms with E-state index in [1.165, 1.54) is 19.1 Å². The van der Waals surface area contributed by atoms with Crippen LogP contribution >= 0.6 is 0 Å². The Labute approximate surface area is 164 Å². The van der Waals surface area contributed by atoms with E-state index in [0.717, 1.165) is 10.7 Å². The number of nitrogens with one attached hydrogen (secondary N) is 1. The third-order valence-electron chi connectivity index (χ3n) is 4.29. The summed E-state index contributed by atoms with van der Waals surface area (Å²) in [4.78, 5) is 12.4. The van der Waals surface area contributed by atoms with E-state index in [0.29, 0.717) is 23.6 Å². The fraction of sp³-hybridized carbons (Fsp3) is 0.316. The molecule has 29 heavy (non-hydrogen) atoms. The van der Waals surface area contributed by atoms with Crippen molar-refractivity contribution in [2.24, 2.45) is 5.92 Å². The number of nitrogens with zero attached hydrogens (tertiary/aromatic N) is 4. The predicted octanol–water partition coefficient (Wildman–Crippen LogP) is 3.87. The first-order valence-electron chi connectivity index (χ1n) is 8.82. The van der Waals surface area contributed by atoms with Crippen LogP contribution in [0, 0.1) is 18.7 Å². The van der Waals surface area contributed by atoms with Crippen molar-refractivity contribution in [3.63, 3.8) is 0 Å². The van der Waals surface area contributed by atoms with Crippen LogP contribution in [-0.2, 0) is 24.1 Å². The van der Waals surface area contributed by atoms with E-state index in [-0.39, 0.29) is 12.4 Å². The molecule has 10 heteroatoms. The zero-order valence-electron chi connectivity index (χ0n) is 15.7. The standard InChI is InChI=1S/C19H19F4N5O/c1-12(10-28-13(2)8-16(25-28)19(21,22)23)18(29)24-17-6-7-27(26-17)11-14-4-3-5-15(20)9-14/h3-9,12H,10-11H2,1-2H3,(H,24,26,29). The Bertz CT molecular complexity index is 1010. The van der Waals surface area contributed by atoms with Gasteiger partial charge in [-0.3, -0.25) is 14.2 Å². The molecule has 0 aliphatic rings. The van der Waals surface area contributed by atoms with Crippen molar-refractivity contribution in [1.29, 1.82) is 0 Å². The number of halogens is 4. The minimum atomic E-state index is -4.53. The molecule has 3 aromatic rings. The van der Waals surface area contributed by atoms with Crippen molar-refractivity contribution in [2.45, 2.75) is 33.1 Å². The molecule has 2 heterocycles. The number of alkyl halides is 3. The van der Waals surface area contributed by atoms with Gasteiger partial charge in [0.15, 0.2) is 11.5 Å². The third-order valence-corrected chi connectivity index (χ3v) is 4.29. The SMILES string of the molecule is Cc1cc(C(F)(F)F)nn1CC(C)C(=O)Nc1ccn(Cc2cccc(F)c2)n1. The van der Waals surface area contributed by atoms with Crippen LogP contribution in [-0.4, -0.2) is 25.5 Å². The summed E-state index contributed by atoms with van der Waals surface area (Å²) in [5.74, 6) is -1.08. The van der Waals surface area contributed by atoms with E-state index < -0.39 is 23.7 Å². The summed E-state index contributed by atoms with van der Waals surface area (Å²) in [6.45, 7) is 3.42. The second-order valence-electron chi connectivity index (χ2n) is 6.77. The molecule has 0 spiro atoms. The predicted molar refractivity (Wildman–Crippen MR) is 97.5 cm³/mol. The molecule has 6 nitrogen and oxygen atoms in total. The molecule has 1 aromatic carbocycles. The van der Waals surface area contributed by atoms with Crippen molar-refractivity contribution in [3.05, 3.63) is 65.4 Å². The summed E-state index contributed by atoms with van der Waals surface area (Å²) in [6.07, 6.45) is -2.89. The van der Waals surface area contributed by atoms with Crippen molar-refractivity contribution >= 4 is 11.7 Å². The molecule has 1 N–H and O–H groups in total.